The summed E-state index contributed by atoms with van der Waals surface area (Å²) in [6, 6.07) is 34.3. The summed E-state index contributed by atoms with van der Waals surface area (Å²) in [4.78, 5) is 16.0. The van der Waals surface area contributed by atoms with Gasteiger partial charge in [0.2, 0.25) is 0 Å². The highest BCUT2D eigenvalue weighted by Crippen LogP contribution is 2.42. The molecule has 10 nitrogen and oxygen atoms in total. The number of amidine groups is 1. The molecule has 7 rings (SSSR count). The van der Waals surface area contributed by atoms with Gasteiger partial charge in [-0.25, -0.2) is 9.98 Å². The van der Waals surface area contributed by atoms with Crippen LogP contribution in [0.1, 0.15) is 55.0 Å². The second kappa shape index (κ2) is 14.3. The van der Waals surface area contributed by atoms with Crippen LogP contribution in [-0.2, 0) is 26.9 Å². The fraction of sp³-hybridized carbons (Fsp3) is 0.357. The Kier molecular flexibility index (Phi) is 9.75. The molecular weight excluding hydrogens is 654 g/mol. The van der Waals surface area contributed by atoms with Crippen LogP contribution >= 0.6 is 0 Å². The maximum atomic E-state index is 11.4. The van der Waals surface area contributed by atoms with E-state index in [2.05, 4.69) is 55.0 Å². The molecule has 0 spiro atoms. The van der Waals surface area contributed by atoms with E-state index in [1.807, 2.05) is 83.8 Å². The molecule has 270 valence electrons. The number of hydrogen-bond donors (Lipinski definition) is 2. The van der Waals surface area contributed by atoms with Gasteiger partial charge in [0.05, 0.1) is 26.9 Å². The average Bonchev–Trinajstić information content (AvgIpc) is 3.76. The first kappa shape index (κ1) is 35.5. The number of nitrogens with two attached hydrogens (primary N) is 1. The van der Waals surface area contributed by atoms with Gasteiger partial charge in [-0.05, 0) is 57.5 Å². The first-order valence-electron chi connectivity index (χ1n) is 17.7. The third-order valence-corrected chi connectivity index (χ3v) is 10.2. The molecule has 0 bridgehead atoms. The molecule has 1 unspecified atom stereocenters. The molecule has 0 aromatic heterocycles. The summed E-state index contributed by atoms with van der Waals surface area (Å²) >= 11 is 0. The van der Waals surface area contributed by atoms with Gasteiger partial charge in [-0.3, -0.25) is 4.99 Å². The minimum Gasteiger partial charge on any atom is -0.497 e. The van der Waals surface area contributed by atoms with Gasteiger partial charge in [-0.2, -0.15) is 0 Å². The van der Waals surface area contributed by atoms with E-state index in [0.29, 0.717) is 31.1 Å². The number of aliphatic hydroxyl groups is 1. The van der Waals surface area contributed by atoms with E-state index >= 15 is 0 Å². The van der Waals surface area contributed by atoms with Crippen molar-refractivity contribution >= 4 is 17.9 Å². The number of aliphatic imine (C=N–C) groups is 3. The number of methoxy groups -OCH3 is 2. The fourth-order valence-electron chi connectivity index (χ4n) is 7.26. The molecule has 10 heteroatoms. The molecule has 1 saturated heterocycles. The summed E-state index contributed by atoms with van der Waals surface area (Å²) in [5, 5.41) is 11.4. The standard InChI is InChI=1S/C42H47N5O5/c1-40(2,3)29-13-11-28(12-14-29)24-41(43)38-39(44-26-46-41)47(27-45-38)37-23-35(48)36(52-37)25-51-42(30-9-7-6-8-10-30,31-15-19-33(49-4)20-16-31)32-17-21-34(50-5)22-18-32/h6-22,26,35-37,48H,23-25,27,43H2,1-5H3/t35-,36+,37+,41?/m0/s1. The normalized spacial score (nSPS) is 22.9. The van der Waals surface area contributed by atoms with Crippen LogP contribution in [0.15, 0.2) is 118 Å². The molecule has 0 aliphatic carbocycles. The summed E-state index contributed by atoms with van der Waals surface area (Å²) < 4.78 is 24.6. The van der Waals surface area contributed by atoms with Crippen molar-refractivity contribution in [2.45, 2.75) is 68.7 Å². The van der Waals surface area contributed by atoms with E-state index < -0.39 is 29.7 Å². The van der Waals surface area contributed by atoms with Crippen molar-refractivity contribution in [3.8, 4) is 11.5 Å². The van der Waals surface area contributed by atoms with E-state index in [9.17, 15) is 5.11 Å². The number of rotatable bonds is 11. The molecule has 3 aliphatic heterocycles. The van der Waals surface area contributed by atoms with Gasteiger partial charge in [0, 0.05) is 12.8 Å². The lowest BCUT2D eigenvalue weighted by Crippen LogP contribution is -2.55. The molecule has 4 aromatic rings. The molecule has 4 aromatic carbocycles. The van der Waals surface area contributed by atoms with E-state index in [1.165, 1.54) is 11.9 Å². The Morgan fingerprint density at radius 3 is 1.98 bits per heavy atom. The molecule has 0 radical (unpaired) electrons. The van der Waals surface area contributed by atoms with Crippen LogP contribution in [0.25, 0.3) is 0 Å². The van der Waals surface area contributed by atoms with Crippen LogP contribution in [-0.4, -0.2) is 79.5 Å². The van der Waals surface area contributed by atoms with Crippen LogP contribution in [0, 0.1) is 0 Å². The fourth-order valence-corrected chi connectivity index (χ4v) is 7.26. The minimum atomic E-state index is -1.07. The molecule has 1 fully saturated rings. The number of ether oxygens (including phenoxy) is 4. The lowest BCUT2D eigenvalue weighted by Gasteiger charge is -2.37. The Morgan fingerprint density at radius 1 is 0.827 bits per heavy atom. The molecule has 3 aliphatic rings. The Morgan fingerprint density at radius 2 is 1.40 bits per heavy atom. The Labute approximate surface area is 305 Å². The van der Waals surface area contributed by atoms with Gasteiger partial charge in [0.15, 0.2) is 11.5 Å². The highest BCUT2D eigenvalue weighted by Gasteiger charge is 2.47. The summed E-state index contributed by atoms with van der Waals surface area (Å²) in [5.41, 5.74) is 10.6. The SMILES string of the molecule is COc1ccc(C(OC[C@H]2O[C@@H](N3CN=C4C3=NC=NC4(N)Cc3ccc(C(C)(C)C)cc3)C[C@@H]2O)(c2ccccc2)c2ccc(OC)cc2)cc1. The van der Waals surface area contributed by atoms with Crippen LogP contribution in [0.5, 0.6) is 11.5 Å². The lowest BCUT2D eigenvalue weighted by atomic mass is 9.80. The van der Waals surface area contributed by atoms with Gasteiger partial charge in [0.1, 0.15) is 48.2 Å². The monoisotopic (exact) mass is 701 g/mol. The van der Waals surface area contributed by atoms with Crippen molar-refractivity contribution in [2.75, 3.05) is 27.5 Å². The molecule has 3 N–H and O–H groups in total. The maximum Gasteiger partial charge on any atom is 0.160 e. The van der Waals surface area contributed by atoms with Gasteiger partial charge in [-0.15, -0.1) is 0 Å². The second-order valence-electron chi connectivity index (χ2n) is 14.6. The third-order valence-electron chi connectivity index (χ3n) is 10.2. The molecule has 0 amide bonds. The van der Waals surface area contributed by atoms with Gasteiger partial charge >= 0.3 is 0 Å². The van der Waals surface area contributed by atoms with Crippen molar-refractivity contribution in [3.05, 3.63) is 131 Å². The zero-order chi connectivity index (χ0) is 36.5. The van der Waals surface area contributed by atoms with Crippen molar-refractivity contribution in [2.24, 2.45) is 20.7 Å². The van der Waals surface area contributed by atoms with Crippen LogP contribution in [0.2, 0.25) is 0 Å². The van der Waals surface area contributed by atoms with Gasteiger partial charge in [-0.1, -0.05) is 99.6 Å². The average molecular weight is 702 g/mol. The number of benzene rings is 4. The van der Waals surface area contributed by atoms with E-state index in [4.69, 9.17) is 29.7 Å². The maximum absolute atomic E-state index is 11.4. The zero-order valence-corrected chi connectivity index (χ0v) is 30.4. The number of hydrogen-bond acceptors (Lipinski definition) is 10. The van der Waals surface area contributed by atoms with Crippen molar-refractivity contribution < 1.29 is 24.1 Å². The van der Waals surface area contributed by atoms with Crippen LogP contribution in [0.3, 0.4) is 0 Å². The molecule has 0 saturated carbocycles. The summed E-state index contributed by atoms with van der Waals surface area (Å²) in [6.07, 6.45) is 0.426. The number of nitrogens with zero attached hydrogens (tertiary/aromatic N) is 4. The second-order valence-corrected chi connectivity index (χ2v) is 14.6. The van der Waals surface area contributed by atoms with Crippen molar-refractivity contribution in [3.63, 3.8) is 0 Å². The van der Waals surface area contributed by atoms with Crippen molar-refractivity contribution in [1.82, 2.24) is 4.90 Å². The summed E-state index contributed by atoms with van der Waals surface area (Å²) in [6.45, 7) is 7.00. The Balaban J connectivity index is 1.12. The van der Waals surface area contributed by atoms with Crippen LogP contribution in [0.4, 0.5) is 0 Å². The van der Waals surface area contributed by atoms with E-state index in [1.54, 1.807) is 14.2 Å². The largest absolute Gasteiger partial charge is 0.497 e. The highest BCUT2D eigenvalue weighted by molar-refractivity contribution is 6.47. The third kappa shape index (κ3) is 6.75. The number of aliphatic hydroxyl groups excluding tert-OH is 1. The first-order chi connectivity index (χ1) is 25.0. The Hall–Kier alpha value is -4.87. The highest BCUT2D eigenvalue weighted by atomic mass is 16.6. The quantitative estimate of drug-likeness (QED) is 0.189. The van der Waals surface area contributed by atoms with Gasteiger partial charge in [0.25, 0.3) is 0 Å². The van der Waals surface area contributed by atoms with Crippen molar-refractivity contribution in [1.29, 1.82) is 0 Å². The van der Waals surface area contributed by atoms with Crippen LogP contribution < -0.4 is 15.2 Å². The molecule has 4 atom stereocenters. The zero-order valence-electron chi connectivity index (χ0n) is 30.4. The minimum absolute atomic E-state index is 0.0565. The van der Waals surface area contributed by atoms with Gasteiger partial charge < -0.3 is 34.7 Å². The topological polar surface area (TPSA) is 123 Å². The van der Waals surface area contributed by atoms with E-state index in [0.717, 1.165) is 33.8 Å². The van der Waals surface area contributed by atoms with E-state index in [-0.39, 0.29) is 12.0 Å². The lowest BCUT2D eigenvalue weighted by molar-refractivity contribution is -0.0988. The smallest absolute Gasteiger partial charge is 0.160 e. The molecule has 3 heterocycles. The first-order valence-corrected chi connectivity index (χ1v) is 17.7. The molecule has 52 heavy (non-hydrogen) atoms. The Bertz CT molecular complexity index is 1890. The summed E-state index contributed by atoms with van der Waals surface area (Å²) in [7, 11) is 3.29. The predicted octanol–water partition coefficient (Wildman–Crippen LogP) is 5.84. The summed E-state index contributed by atoms with van der Waals surface area (Å²) in [5.74, 6) is 2.10. The number of fused-ring (bicyclic) bond motifs is 1. The molecular formula is C42H47N5O5. The predicted molar refractivity (Wildman–Crippen MR) is 203 cm³/mol.